The van der Waals surface area contributed by atoms with E-state index < -0.39 is 7.14 Å². The molecule has 1 aliphatic carbocycles. The molecule has 1 saturated carbocycles. The second-order valence-electron chi connectivity index (χ2n) is 6.00. The van der Waals surface area contributed by atoms with Crippen molar-refractivity contribution in [2.24, 2.45) is 5.92 Å². The fourth-order valence-electron chi connectivity index (χ4n) is 3.26. The van der Waals surface area contributed by atoms with Crippen LogP contribution in [-0.2, 0) is 9.36 Å². The third-order valence-corrected chi connectivity index (χ3v) is 7.72. The van der Waals surface area contributed by atoms with Gasteiger partial charge in [-0.25, -0.2) is 0 Å². The van der Waals surface area contributed by atoms with Crippen LogP contribution in [0.15, 0.2) is 60.7 Å². The van der Waals surface area contributed by atoms with E-state index in [0.717, 1.165) is 29.9 Å². The van der Waals surface area contributed by atoms with Gasteiger partial charge >= 0.3 is 0 Å². The zero-order valence-corrected chi connectivity index (χ0v) is 13.5. The molecule has 0 spiro atoms. The molecule has 1 aliphatic rings. The molecule has 2 aromatic carbocycles. The van der Waals surface area contributed by atoms with Gasteiger partial charge in [0.25, 0.3) is 0 Å². The smallest absolute Gasteiger partial charge is 0.143 e. The van der Waals surface area contributed by atoms with Gasteiger partial charge in [-0.1, -0.05) is 67.1 Å². The first-order chi connectivity index (χ1) is 10.7. The van der Waals surface area contributed by atoms with E-state index in [4.69, 9.17) is 0 Å². The Hall–Kier alpha value is -1.66. The minimum Gasteiger partial charge on any atom is -0.314 e. The molecule has 0 amide bonds. The Labute approximate surface area is 131 Å². The number of carbonyl (C=O) groups excluding carboxylic acids is 1. The molecule has 0 aromatic heterocycles. The molecule has 3 heteroatoms. The molecule has 0 bridgehead atoms. The summed E-state index contributed by atoms with van der Waals surface area (Å²) in [6, 6.07) is 19.3. The minimum atomic E-state index is -2.75. The molecular formula is C19H21O2P. The first kappa shape index (κ1) is 15.2. The summed E-state index contributed by atoms with van der Waals surface area (Å²) >= 11 is 0. The van der Waals surface area contributed by atoms with Crippen LogP contribution >= 0.6 is 7.14 Å². The maximum atomic E-state index is 13.9. The summed E-state index contributed by atoms with van der Waals surface area (Å²) in [6.07, 6.45) is 4.05. The Balaban J connectivity index is 2.00. The molecule has 114 valence electrons. The molecular weight excluding hydrogens is 291 g/mol. The molecule has 2 nitrogen and oxygen atoms in total. The van der Waals surface area contributed by atoms with E-state index in [2.05, 4.69) is 0 Å². The molecule has 2 aromatic rings. The quantitative estimate of drug-likeness (QED) is 0.806. The first-order valence-corrected chi connectivity index (χ1v) is 9.82. The summed E-state index contributed by atoms with van der Waals surface area (Å²) in [7, 11) is -2.75. The third-order valence-electron chi connectivity index (χ3n) is 4.51. The topological polar surface area (TPSA) is 34.1 Å². The molecule has 0 N–H and O–H groups in total. The Morgan fingerprint density at radius 2 is 1.41 bits per heavy atom. The number of ketones is 1. The zero-order chi connectivity index (χ0) is 15.4. The van der Waals surface area contributed by atoms with Gasteiger partial charge in [-0.3, -0.25) is 4.79 Å². The summed E-state index contributed by atoms with van der Waals surface area (Å²) in [4.78, 5) is 12.2. The summed E-state index contributed by atoms with van der Waals surface area (Å²) in [6.45, 7) is 0. The lowest BCUT2D eigenvalue weighted by Crippen LogP contribution is -2.28. The van der Waals surface area contributed by atoms with Crippen molar-refractivity contribution in [3.8, 4) is 0 Å². The van der Waals surface area contributed by atoms with Gasteiger partial charge in [-0.2, -0.15) is 0 Å². The maximum absolute atomic E-state index is 13.9. The van der Waals surface area contributed by atoms with Crippen LogP contribution in [0.1, 0.15) is 25.7 Å². The van der Waals surface area contributed by atoms with E-state index in [9.17, 15) is 9.36 Å². The lowest BCUT2D eigenvalue weighted by Gasteiger charge is -2.26. The Kier molecular flexibility index (Phi) is 4.59. The molecule has 22 heavy (non-hydrogen) atoms. The molecule has 1 fully saturated rings. The fraction of sp³-hybridized carbons (Fsp3) is 0.316. The number of carbonyl (C=O) groups is 1. The largest absolute Gasteiger partial charge is 0.314 e. The van der Waals surface area contributed by atoms with Crippen molar-refractivity contribution >= 4 is 23.5 Å². The van der Waals surface area contributed by atoms with Gasteiger partial charge in [0.1, 0.15) is 12.9 Å². The van der Waals surface area contributed by atoms with Crippen molar-refractivity contribution < 1.29 is 9.36 Å². The highest BCUT2D eigenvalue weighted by molar-refractivity contribution is 7.78. The number of hydrogen-bond donors (Lipinski definition) is 0. The van der Waals surface area contributed by atoms with E-state index in [-0.39, 0.29) is 5.92 Å². The van der Waals surface area contributed by atoms with Gasteiger partial charge < -0.3 is 4.57 Å². The van der Waals surface area contributed by atoms with E-state index in [1.807, 2.05) is 60.7 Å². The van der Waals surface area contributed by atoms with Crippen LogP contribution in [0.5, 0.6) is 0 Å². The summed E-state index contributed by atoms with van der Waals surface area (Å²) in [5.74, 6) is 0.235. The van der Waals surface area contributed by atoms with Gasteiger partial charge in [0, 0.05) is 29.1 Å². The van der Waals surface area contributed by atoms with Crippen LogP contribution < -0.4 is 10.6 Å². The molecule has 3 rings (SSSR count). The molecule has 1 unspecified atom stereocenters. The van der Waals surface area contributed by atoms with Gasteiger partial charge in [-0.05, 0) is 12.8 Å². The fourth-order valence-corrected chi connectivity index (χ4v) is 6.29. The summed E-state index contributed by atoms with van der Waals surface area (Å²) in [5.41, 5.74) is 0. The van der Waals surface area contributed by atoms with Gasteiger partial charge in [-0.15, -0.1) is 0 Å². The van der Waals surface area contributed by atoms with Crippen LogP contribution in [-0.4, -0.2) is 11.9 Å². The van der Waals surface area contributed by atoms with Crippen LogP contribution in [0.25, 0.3) is 0 Å². The van der Waals surface area contributed by atoms with Crippen molar-refractivity contribution in [1.82, 2.24) is 0 Å². The number of hydrogen-bond acceptors (Lipinski definition) is 2. The lowest BCUT2D eigenvalue weighted by molar-refractivity contribution is -0.123. The zero-order valence-electron chi connectivity index (χ0n) is 12.7. The van der Waals surface area contributed by atoms with Crippen LogP contribution in [0, 0.1) is 5.92 Å². The Morgan fingerprint density at radius 1 is 0.864 bits per heavy atom. The number of rotatable bonds is 4. The first-order valence-electron chi connectivity index (χ1n) is 7.93. The van der Waals surface area contributed by atoms with Crippen molar-refractivity contribution in [2.45, 2.75) is 25.7 Å². The highest BCUT2D eigenvalue weighted by Gasteiger charge is 2.34. The molecule has 0 saturated heterocycles. The van der Waals surface area contributed by atoms with E-state index in [0.29, 0.717) is 18.4 Å². The Bertz CT molecular complexity index is 636. The predicted molar refractivity (Wildman–Crippen MR) is 91.6 cm³/mol. The summed E-state index contributed by atoms with van der Waals surface area (Å²) in [5, 5.41) is 1.72. The highest BCUT2D eigenvalue weighted by Crippen LogP contribution is 2.46. The molecule has 0 heterocycles. The average molecular weight is 312 g/mol. The van der Waals surface area contributed by atoms with E-state index in [1.54, 1.807) is 0 Å². The Morgan fingerprint density at radius 3 is 1.91 bits per heavy atom. The standard InChI is InChI=1S/C19H21O2P/c20-19-14-8-7-9-16(19)15-22(21,17-10-3-1-4-11-17)18-12-5-2-6-13-18/h1-6,10-13,16H,7-9,14-15H2. The normalized spacial score (nSPS) is 19.1. The molecule has 0 radical (unpaired) electrons. The second kappa shape index (κ2) is 6.62. The number of benzene rings is 2. The van der Waals surface area contributed by atoms with Gasteiger partial charge in [0.15, 0.2) is 0 Å². The number of Topliss-reactive ketones (excluding diaryl/α,β-unsaturated/α-hetero) is 1. The molecule has 0 aliphatic heterocycles. The monoisotopic (exact) mass is 312 g/mol. The van der Waals surface area contributed by atoms with Crippen LogP contribution in [0.2, 0.25) is 0 Å². The van der Waals surface area contributed by atoms with Crippen molar-refractivity contribution in [1.29, 1.82) is 0 Å². The lowest BCUT2D eigenvalue weighted by atomic mass is 9.89. The van der Waals surface area contributed by atoms with Crippen LogP contribution in [0.4, 0.5) is 0 Å². The SMILES string of the molecule is O=C1CCCCC1CP(=O)(c1ccccc1)c1ccccc1. The maximum Gasteiger partial charge on any atom is 0.143 e. The molecule has 1 atom stereocenters. The van der Waals surface area contributed by atoms with Gasteiger partial charge in [0.2, 0.25) is 0 Å². The average Bonchev–Trinajstić information content (AvgIpc) is 2.58. The van der Waals surface area contributed by atoms with Crippen molar-refractivity contribution in [2.75, 3.05) is 6.16 Å². The van der Waals surface area contributed by atoms with E-state index in [1.165, 1.54) is 0 Å². The minimum absolute atomic E-state index is 0.0556. The predicted octanol–water partition coefficient (Wildman–Crippen LogP) is 3.76. The third kappa shape index (κ3) is 3.08. The van der Waals surface area contributed by atoms with Crippen LogP contribution in [0.3, 0.4) is 0 Å². The van der Waals surface area contributed by atoms with Crippen molar-refractivity contribution in [3.63, 3.8) is 0 Å². The second-order valence-corrected chi connectivity index (χ2v) is 8.88. The van der Waals surface area contributed by atoms with Gasteiger partial charge in [0.05, 0.1) is 0 Å². The van der Waals surface area contributed by atoms with Crippen molar-refractivity contribution in [3.05, 3.63) is 60.7 Å². The van der Waals surface area contributed by atoms with E-state index >= 15 is 0 Å². The summed E-state index contributed by atoms with van der Waals surface area (Å²) < 4.78 is 13.9. The highest BCUT2D eigenvalue weighted by atomic mass is 31.2.